The minimum atomic E-state index is -0.269. The van der Waals surface area contributed by atoms with Crippen LogP contribution < -0.4 is 0 Å². The molecule has 2 aliphatic rings. The van der Waals surface area contributed by atoms with Crippen LogP contribution in [0.15, 0.2) is 12.2 Å². The Labute approximate surface area is 153 Å². The lowest BCUT2D eigenvalue weighted by atomic mass is 9.49. The van der Waals surface area contributed by atoms with Gasteiger partial charge in [0, 0.05) is 34.6 Å². The standard InChI is InChI=1S/C21H36N2O2/c1-14(2)20-10-9-16(12-20)13-21(20,15(3)4)17(19(25)23(7)8)11-18(24)22(5)6/h9-10,14-17H,11-13H2,1-8H3. The van der Waals surface area contributed by atoms with E-state index in [1.807, 2.05) is 14.1 Å². The SMILES string of the molecule is CC(C)C12C=CC(C1)CC2(C(C)C)C(CC(=O)N(C)C)C(=O)N(C)C. The Morgan fingerprint density at radius 2 is 1.60 bits per heavy atom. The van der Waals surface area contributed by atoms with Crippen LogP contribution in [-0.2, 0) is 9.59 Å². The molecule has 1 fully saturated rings. The molecule has 0 heterocycles. The van der Waals surface area contributed by atoms with E-state index in [-0.39, 0.29) is 28.6 Å². The third-order valence-electron chi connectivity index (χ3n) is 7.03. The van der Waals surface area contributed by atoms with Gasteiger partial charge in [0.2, 0.25) is 11.8 Å². The third-order valence-corrected chi connectivity index (χ3v) is 7.03. The summed E-state index contributed by atoms with van der Waals surface area (Å²) in [6.07, 6.45) is 7.19. The van der Waals surface area contributed by atoms with Crippen molar-refractivity contribution in [3.05, 3.63) is 12.2 Å². The van der Waals surface area contributed by atoms with Crippen LogP contribution in [0.1, 0.15) is 47.0 Å². The van der Waals surface area contributed by atoms with E-state index in [2.05, 4.69) is 39.8 Å². The van der Waals surface area contributed by atoms with Crippen molar-refractivity contribution in [1.82, 2.24) is 9.80 Å². The minimum absolute atomic E-state index is 0.00869. The molecule has 2 amide bonds. The van der Waals surface area contributed by atoms with Gasteiger partial charge in [-0.05, 0) is 41.4 Å². The van der Waals surface area contributed by atoms with Gasteiger partial charge in [0.05, 0.1) is 5.92 Å². The van der Waals surface area contributed by atoms with Crippen molar-refractivity contribution in [2.45, 2.75) is 47.0 Å². The van der Waals surface area contributed by atoms with E-state index < -0.39 is 0 Å². The Hall–Kier alpha value is -1.32. The summed E-state index contributed by atoms with van der Waals surface area (Å²) < 4.78 is 0. The maximum Gasteiger partial charge on any atom is 0.226 e. The van der Waals surface area contributed by atoms with Gasteiger partial charge in [-0.3, -0.25) is 9.59 Å². The van der Waals surface area contributed by atoms with E-state index in [4.69, 9.17) is 0 Å². The number of nitrogens with zero attached hydrogens (tertiary/aromatic N) is 2. The molecule has 2 aliphatic carbocycles. The first-order chi connectivity index (χ1) is 11.5. The van der Waals surface area contributed by atoms with E-state index in [1.54, 1.807) is 23.9 Å². The lowest BCUT2D eigenvalue weighted by Gasteiger charge is -2.54. The molecule has 2 rings (SSSR count). The molecule has 1 saturated carbocycles. The van der Waals surface area contributed by atoms with Crippen LogP contribution >= 0.6 is 0 Å². The van der Waals surface area contributed by atoms with E-state index in [1.165, 1.54) is 0 Å². The Balaban J connectivity index is 2.59. The van der Waals surface area contributed by atoms with Gasteiger partial charge < -0.3 is 9.80 Å². The summed E-state index contributed by atoms with van der Waals surface area (Å²) in [4.78, 5) is 29.2. The maximum absolute atomic E-state index is 13.3. The number of carbonyl (C=O) groups excluding carboxylic acids is 2. The van der Waals surface area contributed by atoms with Gasteiger partial charge in [-0.2, -0.15) is 0 Å². The molecule has 142 valence electrons. The summed E-state index contributed by atoms with van der Waals surface area (Å²) in [5, 5.41) is 0. The third kappa shape index (κ3) is 2.92. The molecule has 0 aromatic heterocycles. The average molecular weight is 349 g/mol. The molecular formula is C21H36N2O2. The fourth-order valence-electron chi connectivity index (χ4n) is 5.75. The molecule has 0 radical (unpaired) electrons. The molecule has 0 spiro atoms. The van der Waals surface area contributed by atoms with Crippen molar-refractivity contribution in [3.63, 3.8) is 0 Å². The fourth-order valence-corrected chi connectivity index (χ4v) is 5.75. The van der Waals surface area contributed by atoms with Crippen molar-refractivity contribution in [2.75, 3.05) is 28.2 Å². The number of carbonyl (C=O) groups is 2. The number of hydrogen-bond acceptors (Lipinski definition) is 2. The Kier molecular flexibility index (Phi) is 5.42. The molecule has 4 heteroatoms. The van der Waals surface area contributed by atoms with Crippen molar-refractivity contribution in [3.8, 4) is 0 Å². The fraction of sp³-hybridized carbons (Fsp3) is 0.810. The highest BCUT2D eigenvalue weighted by Crippen LogP contribution is 2.70. The zero-order valence-corrected chi connectivity index (χ0v) is 17.3. The summed E-state index contributed by atoms with van der Waals surface area (Å²) in [7, 11) is 7.18. The maximum atomic E-state index is 13.3. The summed E-state index contributed by atoms with van der Waals surface area (Å²) >= 11 is 0. The second kappa shape index (κ2) is 6.77. The Bertz CT molecular complexity index is 564. The number of allylic oxidation sites excluding steroid dienone is 2. The van der Waals surface area contributed by atoms with Crippen molar-refractivity contribution in [1.29, 1.82) is 0 Å². The van der Waals surface area contributed by atoms with Gasteiger partial charge in [0.25, 0.3) is 0 Å². The van der Waals surface area contributed by atoms with Crippen LogP contribution in [0.4, 0.5) is 0 Å². The molecule has 25 heavy (non-hydrogen) atoms. The Morgan fingerprint density at radius 1 is 1.00 bits per heavy atom. The average Bonchev–Trinajstić information content (AvgIpc) is 3.09. The van der Waals surface area contributed by atoms with E-state index in [9.17, 15) is 9.59 Å². The smallest absolute Gasteiger partial charge is 0.226 e. The normalized spacial score (nSPS) is 31.7. The summed E-state index contributed by atoms with van der Waals surface area (Å²) in [5.41, 5.74) is -0.150. The molecular weight excluding hydrogens is 312 g/mol. The van der Waals surface area contributed by atoms with Crippen LogP contribution in [0.25, 0.3) is 0 Å². The van der Waals surface area contributed by atoms with Crippen molar-refractivity contribution < 1.29 is 9.59 Å². The molecule has 4 atom stereocenters. The number of hydrogen-bond donors (Lipinski definition) is 0. The second-order valence-corrected chi connectivity index (χ2v) is 9.20. The predicted octanol–water partition coefficient (Wildman–Crippen LogP) is 3.43. The number of rotatable bonds is 6. The van der Waals surface area contributed by atoms with Crippen LogP contribution in [0.3, 0.4) is 0 Å². The molecule has 0 saturated heterocycles. The van der Waals surface area contributed by atoms with Crippen LogP contribution in [0, 0.1) is 34.5 Å². The first-order valence-electron chi connectivity index (χ1n) is 9.60. The first kappa shape index (κ1) is 20.0. The van der Waals surface area contributed by atoms with Crippen molar-refractivity contribution in [2.24, 2.45) is 34.5 Å². The zero-order chi connectivity index (χ0) is 19.2. The van der Waals surface area contributed by atoms with Crippen LogP contribution in [0.2, 0.25) is 0 Å². The summed E-state index contributed by atoms with van der Waals surface area (Å²) in [5.74, 6) is 1.21. The van der Waals surface area contributed by atoms with Gasteiger partial charge in [-0.1, -0.05) is 39.8 Å². The van der Waals surface area contributed by atoms with Gasteiger partial charge in [-0.25, -0.2) is 0 Å². The van der Waals surface area contributed by atoms with Gasteiger partial charge in [0.1, 0.15) is 0 Å². The van der Waals surface area contributed by atoms with Crippen LogP contribution in [-0.4, -0.2) is 49.8 Å². The second-order valence-electron chi connectivity index (χ2n) is 9.20. The largest absolute Gasteiger partial charge is 0.349 e. The molecule has 2 bridgehead atoms. The van der Waals surface area contributed by atoms with Crippen LogP contribution in [0.5, 0.6) is 0 Å². The summed E-state index contributed by atoms with van der Waals surface area (Å²) in [6, 6.07) is 0. The Morgan fingerprint density at radius 3 is 2.00 bits per heavy atom. The quantitative estimate of drug-likeness (QED) is 0.690. The highest BCUT2D eigenvalue weighted by atomic mass is 16.2. The highest BCUT2D eigenvalue weighted by molar-refractivity contribution is 5.86. The molecule has 4 nitrogen and oxygen atoms in total. The van der Waals surface area contributed by atoms with Gasteiger partial charge in [-0.15, -0.1) is 0 Å². The van der Waals surface area contributed by atoms with Crippen molar-refractivity contribution >= 4 is 11.8 Å². The monoisotopic (exact) mass is 348 g/mol. The zero-order valence-electron chi connectivity index (χ0n) is 17.3. The van der Waals surface area contributed by atoms with E-state index in [0.717, 1.165) is 12.8 Å². The molecule has 4 unspecified atom stereocenters. The number of amides is 2. The lowest BCUT2D eigenvalue weighted by Crippen LogP contribution is -2.54. The molecule has 0 aromatic rings. The topological polar surface area (TPSA) is 40.6 Å². The lowest BCUT2D eigenvalue weighted by molar-refractivity contribution is -0.151. The van der Waals surface area contributed by atoms with Gasteiger partial charge in [0.15, 0.2) is 0 Å². The van der Waals surface area contributed by atoms with E-state index in [0.29, 0.717) is 24.2 Å². The predicted molar refractivity (Wildman–Crippen MR) is 102 cm³/mol. The molecule has 0 N–H and O–H groups in total. The molecule has 0 aromatic carbocycles. The molecule has 0 aliphatic heterocycles. The number of fused-ring (bicyclic) bond motifs is 2. The first-order valence-corrected chi connectivity index (χ1v) is 9.60. The highest BCUT2D eigenvalue weighted by Gasteiger charge is 2.65. The van der Waals surface area contributed by atoms with E-state index >= 15 is 0 Å². The minimum Gasteiger partial charge on any atom is -0.349 e. The summed E-state index contributed by atoms with van der Waals surface area (Å²) in [6.45, 7) is 9.05. The van der Waals surface area contributed by atoms with Gasteiger partial charge >= 0.3 is 0 Å².